The van der Waals surface area contributed by atoms with Gasteiger partial charge in [0.15, 0.2) is 12.4 Å². The molecule has 1 aliphatic rings. The smallest absolute Gasteiger partial charge is 0.306 e. The Labute approximate surface area is 285 Å². The second-order valence-electron chi connectivity index (χ2n) is 13.4. The van der Waals surface area contributed by atoms with E-state index in [1.54, 1.807) is 0 Å². The summed E-state index contributed by atoms with van der Waals surface area (Å²) in [6.45, 7) is 3.39. The number of aliphatic hydroxyl groups is 4. The lowest BCUT2D eigenvalue weighted by Crippen LogP contribution is -2.59. The van der Waals surface area contributed by atoms with Gasteiger partial charge in [-0.05, 0) is 12.8 Å². The standard InChI is InChI=1S/C37H70O10/c1-3-5-7-9-11-13-15-17-19-21-23-25-32(39)44-28-30(29-45-37-36(43)35(42)34(41)31(27-38)47-37)46-33(40)26-24-22-20-18-16-14-12-10-8-6-4-2/h30-31,34-38,41-43H,3-29H2,1-2H3/t30-,31+,34+,35-,36+,37+/m0/s1. The Hall–Kier alpha value is -1.30. The minimum absolute atomic E-state index is 0.210. The summed E-state index contributed by atoms with van der Waals surface area (Å²) in [6, 6.07) is 0. The summed E-state index contributed by atoms with van der Waals surface area (Å²) in [5.74, 6) is -0.801. The van der Waals surface area contributed by atoms with Crippen LogP contribution in [0.15, 0.2) is 0 Å². The molecular weight excluding hydrogens is 604 g/mol. The van der Waals surface area contributed by atoms with Gasteiger partial charge in [-0.1, -0.05) is 142 Å². The number of ether oxygens (including phenoxy) is 4. The minimum Gasteiger partial charge on any atom is -0.462 e. The number of esters is 2. The van der Waals surface area contributed by atoms with Crippen molar-refractivity contribution in [2.75, 3.05) is 19.8 Å². The molecule has 278 valence electrons. The molecule has 0 spiro atoms. The lowest BCUT2D eigenvalue weighted by molar-refractivity contribution is -0.305. The number of unbranched alkanes of at least 4 members (excludes halogenated alkanes) is 20. The molecule has 10 heteroatoms. The summed E-state index contributed by atoms with van der Waals surface area (Å²) in [5.41, 5.74) is 0. The van der Waals surface area contributed by atoms with Gasteiger partial charge in [-0.3, -0.25) is 9.59 Å². The molecule has 0 amide bonds. The summed E-state index contributed by atoms with van der Waals surface area (Å²) in [4.78, 5) is 25.1. The second kappa shape index (κ2) is 29.6. The molecule has 0 aromatic heterocycles. The number of carbonyl (C=O) groups is 2. The topological polar surface area (TPSA) is 152 Å². The van der Waals surface area contributed by atoms with Crippen molar-refractivity contribution >= 4 is 11.9 Å². The largest absolute Gasteiger partial charge is 0.462 e. The predicted molar refractivity (Wildman–Crippen MR) is 183 cm³/mol. The number of aliphatic hydroxyl groups excluding tert-OH is 4. The van der Waals surface area contributed by atoms with E-state index in [0.29, 0.717) is 6.42 Å². The van der Waals surface area contributed by atoms with Crippen LogP contribution in [0.3, 0.4) is 0 Å². The SMILES string of the molecule is CCCCCCCCCCCCCC(=O)OC[C@@H](CO[C@@H]1O[C@H](CO)[C@@H](O)[C@H](O)[C@H]1O)OC(=O)CCCCCCCCCCCCC. The maximum absolute atomic E-state index is 12.6. The van der Waals surface area contributed by atoms with Crippen LogP contribution in [0.4, 0.5) is 0 Å². The van der Waals surface area contributed by atoms with Crippen molar-refractivity contribution in [2.45, 2.75) is 205 Å². The van der Waals surface area contributed by atoms with Crippen LogP contribution in [-0.4, -0.2) is 89.0 Å². The van der Waals surface area contributed by atoms with E-state index in [4.69, 9.17) is 18.9 Å². The Bertz CT molecular complexity index is 749. The highest BCUT2D eigenvalue weighted by atomic mass is 16.7. The average Bonchev–Trinajstić information content (AvgIpc) is 3.06. The van der Waals surface area contributed by atoms with Gasteiger partial charge < -0.3 is 39.4 Å². The van der Waals surface area contributed by atoms with Crippen LogP contribution in [0, 0.1) is 0 Å². The third-order valence-electron chi connectivity index (χ3n) is 8.99. The highest BCUT2D eigenvalue weighted by Gasteiger charge is 2.44. The van der Waals surface area contributed by atoms with Crippen LogP contribution in [0.2, 0.25) is 0 Å². The molecular formula is C37H70O10. The molecule has 1 saturated heterocycles. The van der Waals surface area contributed by atoms with Crippen LogP contribution in [0.1, 0.15) is 168 Å². The first-order chi connectivity index (χ1) is 22.8. The van der Waals surface area contributed by atoms with E-state index in [1.807, 2.05) is 0 Å². The summed E-state index contributed by atoms with van der Waals surface area (Å²) in [7, 11) is 0. The molecule has 0 aromatic carbocycles. The van der Waals surface area contributed by atoms with Crippen molar-refractivity contribution in [3.8, 4) is 0 Å². The molecule has 1 fully saturated rings. The molecule has 0 bridgehead atoms. The molecule has 0 saturated carbocycles. The third kappa shape index (κ3) is 22.1. The Morgan fingerprint density at radius 1 is 0.574 bits per heavy atom. The van der Waals surface area contributed by atoms with Crippen LogP contribution in [0.5, 0.6) is 0 Å². The monoisotopic (exact) mass is 674 g/mol. The average molecular weight is 675 g/mol. The molecule has 1 rings (SSSR count). The van der Waals surface area contributed by atoms with Gasteiger partial charge in [-0.25, -0.2) is 0 Å². The van der Waals surface area contributed by atoms with Crippen molar-refractivity contribution in [2.24, 2.45) is 0 Å². The van der Waals surface area contributed by atoms with Gasteiger partial charge in [0.05, 0.1) is 13.2 Å². The van der Waals surface area contributed by atoms with Gasteiger partial charge in [-0.2, -0.15) is 0 Å². The summed E-state index contributed by atoms with van der Waals surface area (Å²) >= 11 is 0. The van der Waals surface area contributed by atoms with Gasteiger partial charge >= 0.3 is 11.9 Å². The van der Waals surface area contributed by atoms with Crippen LogP contribution >= 0.6 is 0 Å². The molecule has 1 aliphatic heterocycles. The normalized spacial score (nSPS) is 21.9. The molecule has 6 atom stereocenters. The van der Waals surface area contributed by atoms with Gasteiger partial charge in [-0.15, -0.1) is 0 Å². The molecule has 0 aromatic rings. The molecule has 10 nitrogen and oxygen atoms in total. The zero-order valence-corrected chi connectivity index (χ0v) is 29.8. The minimum atomic E-state index is -1.59. The second-order valence-corrected chi connectivity index (χ2v) is 13.4. The zero-order valence-electron chi connectivity index (χ0n) is 29.8. The summed E-state index contributed by atoms with van der Waals surface area (Å²) in [6.07, 6.45) is 18.3. The lowest BCUT2D eigenvalue weighted by Gasteiger charge is -2.39. The Balaban J connectivity index is 2.40. The molecule has 1 heterocycles. The molecule has 47 heavy (non-hydrogen) atoms. The fraction of sp³-hybridized carbons (Fsp3) is 0.946. The number of hydrogen-bond donors (Lipinski definition) is 4. The maximum atomic E-state index is 12.6. The van der Waals surface area contributed by atoms with E-state index in [9.17, 15) is 30.0 Å². The van der Waals surface area contributed by atoms with Gasteiger partial charge in [0, 0.05) is 12.8 Å². The van der Waals surface area contributed by atoms with E-state index >= 15 is 0 Å². The quantitative estimate of drug-likeness (QED) is 0.0464. The van der Waals surface area contributed by atoms with Crippen molar-refractivity contribution < 1.29 is 49.0 Å². The van der Waals surface area contributed by atoms with Crippen molar-refractivity contribution in [3.05, 3.63) is 0 Å². The third-order valence-corrected chi connectivity index (χ3v) is 8.99. The first kappa shape index (κ1) is 43.7. The predicted octanol–water partition coefficient (Wildman–Crippen LogP) is 6.66. The van der Waals surface area contributed by atoms with Gasteiger partial charge in [0.25, 0.3) is 0 Å². The molecule has 0 unspecified atom stereocenters. The number of carbonyl (C=O) groups excluding carboxylic acids is 2. The summed E-state index contributed by atoms with van der Waals surface area (Å²) in [5, 5.41) is 39.8. The fourth-order valence-electron chi connectivity index (χ4n) is 5.89. The van der Waals surface area contributed by atoms with E-state index in [0.717, 1.165) is 38.5 Å². The molecule has 0 aliphatic carbocycles. The van der Waals surface area contributed by atoms with E-state index in [-0.39, 0.29) is 32.0 Å². The number of hydrogen-bond acceptors (Lipinski definition) is 10. The fourth-order valence-corrected chi connectivity index (χ4v) is 5.89. The first-order valence-electron chi connectivity index (χ1n) is 19.1. The lowest BCUT2D eigenvalue weighted by atomic mass is 9.99. The first-order valence-corrected chi connectivity index (χ1v) is 19.1. The van der Waals surface area contributed by atoms with Crippen LogP contribution < -0.4 is 0 Å². The van der Waals surface area contributed by atoms with Crippen molar-refractivity contribution in [1.29, 1.82) is 0 Å². The maximum Gasteiger partial charge on any atom is 0.306 e. The van der Waals surface area contributed by atoms with E-state index in [1.165, 1.54) is 96.3 Å². The molecule has 0 radical (unpaired) electrons. The van der Waals surface area contributed by atoms with Crippen molar-refractivity contribution in [3.63, 3.8) is 0 Å². The highest BCUT2D eigenvalue weighted by Crippen LogP contribution is 2.22. The van der Waals surface area contributed by atoms with Gasteiger partial charge in [0.1, 0.15) is 31.0 Å². The van der Waals surface area contributed by atoms with Gasteiger partial charge in [0.2, 0.25) is 0 Å². The number of rotatable bonds is 31. The highest BCUT2D eigenvalue weighted by molar-refractivity contribution is 5.70. The van der Waals surface area contributed by atoms with Crippen LogP contribution in [-0.2, 0) is 28.5 Å². The van der Waals surface area contributed by atoms with E-state index in [2.05, 4.69) is 13.8 Å². The summed E-state index contributed by atoms with van der Waals surface area (Å²) < 4.78 is 22.0. The zero-order chi connectivity index (χ0) is 34.5. The van der Waals surface area contributed by atoms with E-state index < -0.39 is 49.4 Å². The Morgan fingerprint density at radius 2 is 1.00 bits per heavy atom. The Morgan fingerprint density at radius 3 is 1.45 bits per heavy atom. The Kier molecular flexibility index (Phi) is 27.5. The van der Waals surface area contributed by atoms with Crippen molar-refractivity contribution in [1.82, 2.24) is 0 Å². The van der Waals surface area contributed by atoms with Crippen LogP contribution in [0.25, 0.3) is 0 Å². The molecule has 4 N–H and O–H groups in total.